The van der Waals surface area contributed by atoms with E-state index in [9.17, 15) is 9.59 Å². The zero-order valence-corrected chi connectivity index (χ0v) is 10.9. The van der Waals surface area contributed by atoms with E-state index in [2.05, 4.69) is 5.32 Å². The smallest absolute Gasteiger partial charge is 0.309 e. The first-order chi connectivity index (χ1) is 8.10. The Balaban J connectivity index is 2.40. The molecular weight excluding hydrogens is 220 g/mol. The van der Waals surface area contributed by atoms with Crippen molar-refractivity contribution in [3.05, 3.63) is 0 Å². The number of nitrogens with one attached hydrogen (secondary N) is 1. The van der Waals surface area contributed by atoms with Crippen LogP contribution >= 0.6 is 0 Å². The third-order valence-electron chi connectivity index (χ3n) is 3.23. The van der Waals surface area contributed by atoms with Crippen molar-refractivity contribution in [3.63, 3.8) is 0 Å². The number of hydrogen-bond acceptors (Lipinski definition) is 4. The fourth-order valence-corrected chi connectivity index (χ4v) is 1.99. The molecule has 1 atom stereocenters. The van der Waals surface area contributed by atoms with Crippen LogP contribution in [0.15, 0.2) is 0 Å². The summed E-state index contributed by atoms with van der Waals surface area (Å²) in [6, 6.07) is -0.158. The van der Waals surface area contributed by atoms with Crippen molar-refractivity contribution in [3.8, 4) is 0 Å². The normalized spacial score (nSPS) is 18.9. The number of esters is 1. The Morgan fingerprint density at radius 2 is 2.00 bits per heavy atom. The van der Waals surface area contributed by atoms with Crippen LogP contribution in [0.2, 0.25) is 0 Å². The molecule has 0 radical (unpaired) electrons. The summed E-state index contributed by atoms with van der Waals surface area (Å²) in [5.74, 6) is -0.0556. The third-order valence-corrected chi connectivity index (χ3v) is 3.23. The summed E-state index contributed by atoms with van der Waals surface area (Å²) >= 11 is 0. The number of rotatable bonds is 4. The van der Waals surface area contributed by atoms with Gasteiger partial charge in [0.1, 0.15) is 0 Å². The first-order valence-corrected chi connectivity index (χ1v) is 6.22. The molecule has 0 aromatic heterocycles. The Labute approximate surface area is 102 Å². The first-order valence-electron chi connectivity index (χ1n) is 6.22. The molecule has 1 amide bonds. The Bertz CT molecular complexity index is 273. The van der Waals surface area contributed by atoms with Crippen LogP contribution in [-0.4, -0.2) is 49.6 Å². The molecule has 1 N–H and O–H groups in total. The first kappa shape index (κ1) is 14.0. The largest absolute Gasteiger partial charge is 0.466 e. The van der Waals surface area contributed by atoms with Crippen LogP contribution in [0.3, 0.4) is 0 Å². The highest BCUT2D eigenvalue weighted by molar-refractivity contribution is 5.82. The van der Waals surface area contributed by atoms with Gasteiger partial charge in [0.15, 0.2) is 0 Å². The second-order valence-corrected chi connectivity index (χ2v) is 4.36. The average molecular weight is 242 g/mol. The number of likely N-dealkylation sites (tertiary alicyclic amines) is 1. The number of ether oxygens (including phenoxy) is 1. The van der Waals surface area contributed by atoms with Crippen LogP contribution in [0.4, 0.5) is 0 Å². The summed E-state index contributed by atoms with van der Waals surface area (Å²) in [5, 5.41) is 2.93. The Hall–Kier alpha value is -1.10. The van der Waals surface area contributed by atoms with Gasteiger partial charge in [-0.15, -0.1) is 0 Å². The van der Waals surface area contributed by atoms with Crippen molar-refractivity contribution in [2.75, 3.05) is 26.7 Å². The molecule has 0 aromatic carbocycles. The molecule has 1 aliphatic heterocycles. The Kier molecular flexibility index (Phi) is 5.41. The van der Waals surface area contributed by atoms with Gasteiger partial charge in [0.2, 0.25) is 5.91 Å². The number of carbonyl (C=O) groups excluding carboxylic acids is 2. The van der Waals surface area contributed by atoms with Crippen molar-refractivity contribution < 1.29 is 14.3 Å². The predicted molar refractivity (Wildman–Crippen MR) is 64.5 cm³/mol. The summed E-state index contributed by atoms with van der Waals surface area (Å²) in [5.41, 5.74) is 0. The summed E-state index contributed by atoms with van der Waals surface area (Å²) < 4.78 is 4.99. The molecule has 1 rings (SSSR count). The van der Waals surface area contributed by atoms with Crippen molar-refractivity contribution >= 4 is 11.9 Å². The molecule has 1 aliphatic rings. The maximum Gasteiger partial charge on any atom is 0.309 e. The van der Waals surface area contributed by atoms with Gasteiger partial charge in [-0.2, -0.15) is 0 Å². The number of amides is 1. The van der Waals surface area contributed by atoms with E-state index in [1.807, 2.05) is 18.7 Å². The van der Waals surface area contributed by atoms with E-state index in [1.165, 1.54) is 0 Å². The molecule has 1 fully saturated rings. The van der Waals surface area contributed by atoms with E-state index in [0.29, 0.717) is 32.5 Å². The minimum atomic E-state index is -0.158. The molecule has 0 saturated carbocycles. The highest BCUT2D eigenvalue weighted by Gasteiger charge is 2.29. The van der Waals surface area contributed by atoms with Gasteiger partial charge in [0.25, 0.3) is 0 Å². The second-order valence-electron chi connectivity index (χ2n) is 4.36. The summed E-state index contributed by atoms with van der Waals surface area (Å²) in [4.78, 5) is 25.2. The highest BCUT2D eigenvalue weighted by atomic mass is 16.5. The van der Waals surface area contributed by atoms with Crippen molar-refractivity contribution in [1.29, 1.82) is 0 Å². The molecule has 0 bridgehead atoms. The van der Waals surface area contributed by atoms with Gasteiger partial charge >= 0.3 is 5.97 Å². The molecule has 5 heteroatoms. The number of likely N-dealkylation sites (N-methyl/N-ethyl adjacent to an activating group) is 1. The van der Waals surface area contributed by atoms with Crippen LogP contribution in [0.5, 0.6) is 0 Å². The quantitative estimate of drug-likeness (QED) is 0.725. The molecule has 1 unspecified atom stereocenters. The number of piperidine rings is 1. The van der Waals surface area contributed by atoms with Gasteiger partial charge in [0, 0.05) is 13.1 Å². The number of nitrogens with zero attached hydrogens (tertiary/aromatic N) is 1. The van der Waals surface area contributed by atoms with Crippen LogP contribution in [0, 0.1) is 5.92 Å². The number of hydrogen-bond donors (Lipinski definition) is 1. The van der Waals surface area contributed by atoms with E-state index in [0.717, 1.165) is 0 Å². The maximum atomic E-state index is 11.9. The molecule has 5 nitrogen and oxygen atoms in total. The molecule has 0 aliphatic carbocycles. The lowest BCUT2D eigenvalue weighted by Crippen LogP contribution is -2.47. The van der Waals surface area contributed by atoms with Gasteiger partial charge < -0.3 is 15.0 Å². The highest BCUT2D eigenvalue weighted by Crippen LogP contribution is 2.19. The Morgan fingerprint density at radius 1 is 1.41 bits per heavy atom. The standard InChI is InChI=1S/C12H22N2O3/c1-4-17-12(16)10-5-7-14(8-6-10)11(15)9(2)13-3/h9-10,13H,4-8H2,1-3H3. The molecule has 98 valence electrons. The fraction of sp³-hybridized carbons (Fsp3) is 0.833. The van der Waals surface area contributed by atoms with Crippen LogP contribution in [0.1, 0.15) is 26.7 Å². The van der Waals surface area contributed by atoms with Crippen LogP contribution < -0.4 is 5.32 Å². The van der Waals surface area contributed by atoms with E-state index >= 15 is 0 Å². The topological polar surface area (TPSA) is 58.6 Å². The Morgan fingerprint density at radius 3 is 2.47 bits per heavy atom. The van der Waals surface area contributed by atoms with E-state index < -0.39 is 0 Å². The summed E-state index contributed by atoms with van der Waals surface area (Å²) in [7, 11) is 1.77. The molecule has 17 heavy (non-hydrogen) atoms. The molecule has 0 aromatic rings. The summed E-state index contributed by atoms with van der Waals surface area (Å²) in [6.07, 6.45) is 1.42. The molecular formula is C12H22N2O3. The lowest BCUT2D eigenvalue weighted by atomic mass is 9.96. The molecule has 0 spiro atoms. The zero-order chi connectivity index (χ0) is 12.8. The predicted octanol–water partition coefficient (Wildman–Crippen LogP) is 0.396. The minimum absolute atomic E-state index is 0.0381. The average Bonchev–Trinajstić information content (AvgIpc) is 2.37. The molecule has 1 saturated heterocycles. The van der Waals surface area contributed by atoms with Crippen LogP contribution in [-0.2, 0) is 14.3 Å². The zero-order valence-electron chi connectivity index (χ0n) is 10.9. The van der Waals surface area contributed by atoms with Gasteiger partial charge in [-0.05, 0) is 33.7 Å². The third kappa shape index (κ3) is 3.70. The van der Waals surface area contributed by atoms with Crippen molar-refractivity contribution in [1.82, 2.24) is 10.2 Å². The lowest BCUT2D eigenvalue weighted by Gasteiger charge is -2.32. The van der Waals surface area contributed by atoms with Gasteiger partial charge in [-0.1, -0.05) is 0 Å². The van der Waals surface area contributed by atoms with Crippen molar-refractivity contribution in [2.45, 2.75) is 32.7 Å². The van der Waals surface area contributed by atoms with E-state index in [1.54, 1.807) is 7.05 Å². The summed E-state index contributed by atoms with van der Waals surface area (Å²) in [6.45, 7) is 5.38. The van der Waals surface area contributed by atoms with Crippen molar-refractivity contribution in [2.24, 2.45) is 5.92 Å². The lowest BCUT2D eigenvalue weighted by molar-refractivity contribution is -0.151. The van der Waals surface area contributed by atoms with E-state index in [-0.39, 0.29) is 23.8 Å². The SMILES string of the molecule is CCOC(=O)C1CCN(C(=O)C(C)NC)CC1. The van der Waals surface area contributed by atoms with E-state index in [4.69, 9.17) is 4.74 Å². The van der Waals surface area contributed by atoms with Gasteiger partial charge in [0.05, 0.1) is 18.6 Å². The molecule has 1 heterocycles. The van der Waals surface area contributed by atoms with Gasteiger partial charge in [-0.25, -0.2) is 0 Å². The fourth-order valence-electron chi connectivity index (χ4n) is 1.99. The second kappa shape index (κ2) is 6.59. The minimum Gasteiger partial charge on any atom is -0.466 e. The van der Waals surface area contributed by atoms with Crippen LogP contribution in [0.25, 0.3) is 0 Å². The number of carbonyl (C=O) groups is 2. The maximum absolute atomic E-state index is 11.9. The van der Waals surface area contributed by atoms with Gasteiger partial charge in [-0.3, -0.25) is 9.59 Å². The monoisotopic (exact) mass is 242 g/mol.